The van der Waals surface area contributed by atoms with E-state index in [2.05, 4.69) is 15.2 Å². The molecular weight excluding hydrogens is 380 g/mol. The number of ether oxygens (including phenoxy) is 1. The zero-order valence-corrected chi connectivity index (χ0v) is 16.9. The molecule has 0 radical (unpaired) electrons. The summed E-state index contributed by atoms with van der Waals surface area (Å²) in [6, 6.07) is 11.1. The van der Waals surface area contributed by atoms with E-state index in [0.29, 0.717) is 43.5 Å². The Kier molecular flexibility index (Phi) is 6.95. The van der Waals surface area contributed by atoms with Gasteiger partial charge in [0, 0.05) is 51.9 Å². The van der Waals surface area contributed by atoms with Crippen LogP contribution in [-0.2, 0) is 4.74 Å². The van der Waals surface area contributed by atoms with Crippen molar-refractivity contribution in [2.75, 3.05) is 46.9 Å². The van der Waals surface area contributed by atoms with Crippen LogP contribution < -0.4 is 5.32 Å². The molecule has 1 aliphatic heterocycles. The Labute approximate surface area is 169 Å². The fourth-order valence-corrected chi connectivity index (χ4v) is 3.44. The zero-order valence-electron chi connectivity index (χ0n) is 16.1. The molecule has 2 heterocycles. The van der Waals surface area contributed by atoms with Gasteiger partial charge in [-0.25, -0.2) is 0 Å². The number of hydrogen-bond acceptors (Lipinski definition) is 4. The fourth-order valence-electron chi connectivity index (χ4n) is 3.24. The number of amides is 1. The van der Waals surface area contributed by atoms with E-state index in [9.17, 15) is 4.79 Å². The molecule has 1 aromatic heterocycles. The Morgan fingerprint density at radius 1 is 1.25 bits per heavy atom. The SMILES string of the molecule is CN=C(NCC(OC)c1cccc(Cl)c1)N1CCN(C(=O)c2ccco2)CC1. The van der Waals surface area contributed by atoms with Gasteiger partial charge in [0.15, 0.2) is 11.7 Å². The van der Waals surface area contributed by atoms with Gasteiger partial charge in [-0.15, -0.1) is 0 Å². The topological polar surface area (TPSA) is 70.3 Å². The molecule has 1 fully saturated rings. The molecule has 0 aliphatic carbocycles. The average molecular weight is 405 g/mol. The van der Waals surface area contributed by atoms with Gasteiger partial charge in [0.1, 0.15) is 0 Å². The molecule has 1 saturated heterocycles. The smallest absolute Gasteiger partial charge is 0.289 e. The molecule has 3 rings (SSSR count). The Hall–Kier alpha value is -2.51. The number of piperazine rings is 1. The number of nitrogens with zero attached hydrogens (tertiary/aromatic N) is 3. The van der Waals surface area contributed by atoms with Crippen molar-refractivity contribution in [2.45, 2.75) is 6.10 Å². The summed E-state index contributed by atoms with van der Waals surface area (Å²) in [6.45, 7) is 3.18. The van der Waals surface area contributed by atoms with Crippen molar-refractivity contribution >= 4 is 23.5 Å². The number of carbonyl (C=O) groups excluding carboxylic acids is 1. The van der Waals surface area contributed by atoms with Gasteiger partial charge in [0.05, 0.1) is 12.4 Å². The summed E-state index contributed by atoms with van der Waals surface area (Å²) in [4.78, 5) is 20.7. The lowest BCUT2D eigenvalue weighted by molar-refractivity contribution is 0.0656. The molecule has 0 bridgehead atoms. The van der Waals surface area contributed by atoms with E-state index >= 15 is 0 Å². The number of aliphatic imine (C=N–C) groups is 1. The maximum Gasteiger partial charge on any atom is 0.289 e. The Morgan fingerprint density at radius 3 is 2.61 bits per heavy atom. The molecule has 150 valence electrons. The molecule has 7 nitrogen and oxygen atoms in total. The van der Waals surface area contributed by atoms with Crippen molar-refractivity contribution in [1.29, 1.82) is 0 Å². The van der Waals surface area contributed by atoms with E-state index in [-0.39, 0.29) is 12.0 Å². The fraction of sp³-hybridized carbons (Fsp3) is 0.400. The van der Waals surface area contributed by atoms with Crippen molar-refractivity contribution < 1.29 is 13.9 Å². The normalized spacial score (nSPS) is 16.2. The Morgan fingerprint density at radius 2 is 2.00 bits per heavy atom. The highest BCUT2D eigenvalue weighted by molar-refractivity contribution is 6.30. The summed E-state index contributed by atoms with van der Waals surface area (Å²) in [7, 11) is 3.43. The van der Waals surface area contributed by atoms with Gasteiger partial charge in [-0.2, -0.15) is 0 Å². The highest BCUT2D eigenvalue weighted by Crippen LogP contribution is 2.20. The molecule has 0 spiro atoms. The first-order valence-corrected chi connectivity index (χ1v) is 9.56. The monoisotopic (exact) mass is 404 g/mol. The maximum atomic E-state index is 12.4. The lowest BCUT2D eigenvalue weighted by Gasteiger charge is -2.36. The van der Waals surface area contributed by atoms with Crippen LogP contribution in [0.5, 0.6) is 0 Å². The second-order valence-corrected chi connectivity index (χ2v) is 6.90. The molecule has 1 aromatic carbocycles. The molecule has 0 saturated carbocycles. The lowest BCUT2D eigenvalue weighted by Crippen LogP contribution is -2.54. The predicted molar refractivity (Wildman–Crippen MR) is 109 cm³/mol. The first kappa shape index (κ1) is 20.2. The minimum atomic E-state index is -0.141. The highest BCUT2D eigenvalue weighted by Gasteiger charge is 2.25. The number of benzene rings is 1. The number of furan rings is 1. The Balaban J connectivity index is 1.54. The van der Waals surface area contributed by atoms with Crippen LogP contribution in [0.2, 0.25) is 5.02 Å². The number of guanidine groups is 1. The minimum absolute atomic E-state index is 0.0759. The van der Waals surface area contributed by atoms with Crippen LogP contribution in [0.25, 0.3) is 0 Å². The van der Waals surface area contributed by atoms with Gasteiger partial charge in [-0.05, 0) is 29.8 Å². The minimum Gasteiger partial charge on any atom is -0.459 e. The quantitative estimate of drug-likeness (QED) is 0.612. The summed E-state index contributed by atoms with van der Waals surface area (Å²) in [5, 5.41) is 4.05. The zero-order chi connectivity index (χ0) is 19.9. The summed E-state index contributed by atoms with van der Waals surface area (Å²) in [5.74, 6) is 1.09. The third-order valence-corrected chi connectivity index (χ3v) is 5.00. The van der Waals surface area contributed by atoms with Crippen LogP contribution >= 0.6 is 11.6 Å². The number of methoxy groups -OCH3 is 1. The van der Waals surface area contributed by atoms with Crippen molar-refractivity contribution in [3.8, 4) is 0 Å². The number of nitrogens with one attached hydrogen (secondary N) is 1. The van der Waals surface area contributed by atoms with Crippen LogP contribution in [0.1, 0.15) is 22.2 Å². The molecule has 1 N–H and O–H groups in total. The summed E-state index contributed by atoms with van der Waals surface area (Å²) >= 11 is 6.09. The summed E-state index contributed by atoms with van der Waals surface area (Å²) in [5.41, 5.74) is 1.01. The largest absolute Gasteiger partial charge is 0.459 e. The predicted octanol–water partition coefficient (Wildman–Crippen LogP) is 2.65. The van der Waals surface area contributed by atoms with Gasteiger partial charge < -0.3 is 24.3 Å². The molecule has 28 heavy (non-hydrogen) atoms. The standard InChI is InChI=1S/C20H25ClN4O3/c1-22-20(23-14-18(27-2)15-5-3-6-16(21)13-15)25-10-8-24(9-11-25)19(26)17-7-4-12-28-17/h3-7,12-13,18H,8-11,14H2,1-2H3,(H,22,23). The van der Waals surface area contributed by atoms with Gasteiger partial charge in [0.25, 0.3) is 5.91 Å². The second kappa shape index (κ2) is 9.61. The molecule has 1 unspecified atom stereocenters. The molecular formula is C20H25ClN4O3. The van der Waals surface area contributed by atoms with Gasteiger partial charge in [-0.1, -0.05) is 23.7 Å². The Bertz CT molecular complexity index is 802. The third kappa shape index (κ3) is 4.85. The molecule has 1 aliphatic rings. The number of carbonyl (C=O) groups is 1. The first-order chi connectivity index (χ1) is 13.6. The molecule has 1 atom stereocenters. The number of rotatable bonds is 5. The van der Waals surface area contributed by atoms with E-state index < -0.39 is 0 Å². The van der Waals surface area contributed by atoms with E-state index in [0.717, 1.165) is 11.5 Å². The van der Waals surface area contributed by atoms with E-state index in [4.69, 9.17) is 20.8 Å². The van der Waals surface area contributed by atoms with E-state index in [1.807, 2.05) is 24.3 Å². The highest BCUT2D eigenvalue weighted by atomic mass is 35.5. The number of halogens is 1. The van der Waals surface area contributed by atoms with E-state index in [1.165, 1.54) is 6.26 Å². The van der Waals surface area contributed by atoms with E-state index in [1.54, 1.807) is 31.2 Å². The third-order valence-electron chi connectivity index (χ3n) is 4.76. The molecule has 8 heteroatoms. The summed E-state index contributed by atoms with van der Waals surface area (Å²) in [6.07, 6.45) is 1.37. The van der Waals surface area contributed by atoms with Crippen LogP contribution in [0.4, 0.5) is 0 Å². The number of hydrogen-bond donors (Lipinski definition) is 1. The maximum absolute atomic E-state index is 12.4. The van der Waals surface area contributed by atoms with Crippen LogP contribution in [0.3, 0.4) is 0 Å². The van der Waals surface area contributed by atoms with Gasteiger partial charge in [0.2, 0.25) is 0 Å². The summed E-state index contributed by atoms with van der Waals surface area (Å²) < 4.78 is 10.8. The first-order valence-electron chi connectivity index (χ1n) is 9.19. The van der Waals surface area contributed by atoms with Crippen molar-refractivity contribution in [3.05, 3.63) is 59.0 Å². The second-order valence-electron chi connectivity index (χ2n) is 6.46. The van der Waals surface area contributed by atoms with Crippen LogP contribution in [0.15, 0.2) is 52.1 Å². The van der Waals surface area contributed by atoms with Crippen molar-refractivity contribution in [2.24, 2.45) is 4.99 Å². The molecule has 2 aromatic rings. The van der Waals surface area contributed by atoms with Crippen molar-refractivity contribution in [1.82, 2.24) is 15.1 Å². The van der Waals surface area contributed by atoms with Gasteiger partial charge >= 0.3 is 0 Å². The average Bonchev–Trinajstić information content (AvgIpc) is 3.26. The van der Waals surface area contributed by atoms with Crippen LogP contribution in [0, 0.1) is 0 Å². The lowest BCUT2D eigenvalue weighted by atomic mass is 10.1. The van der Waals surface area contributed by atoms with Gasteiger partial charge in [-0.3, -0.25) is 9.79 Å². The van der Waals surface area contributed by atoms with Crippen LogP contribution in [-0.4, -0.2) is 68.5 Å². The molecule has 1 amide bonds. The van der Waals surface area contributed by atoms with Crippen molar-refractivity contribution in [3.63, 3.8) is 0 Å².